The van der Waals surface area contributed by atoms with Crippen LogP contribution in [-0.4, -0.2) is 34.2 Å². The van der Waals surface area contributed by atoms with Crippen LogP contribution in [0.2, 0.25) is 0 Å². The van der Waals surface area contributed by atoms with Crippen LogP contribution in [0.4, 0.5) is 17.6 Å². The third-order valence-electron chi connectivity index (χ3n) is 5.43. The summed E-state index contributed by atoms with van der Waals surface area (Å²) < 4.78 is 53.1. The van der Waals surface area contributed by atoms with Gasteiger partial charge < -0.3 is 10.0 Å². The molecule has 160 valence electrons. The van der Waals surface area contributed by atoms with E-state index in [9.17, 15) is 27.5 Å². The van der Waals surface area contributed by atoms with Crippen molar-refractivity contribution >= 4 is 5.91 Å². The van der Waals surface area contributed by atoms with Crippen LogP contribution < -0.4 is 0 Å². The summed E-state index contributed by atoms with van der Waals surface area (Å²) in [4.78, 5) is 14.5. The maximum absolute atomic E-state index is 13.5. The molecule has 3 nitrogen and oxygen atoms in total. The Kier molecular flexibility index (Phi) is 6.06. The highest BCUT2D eigenvalue weighted by Crippen LogP contribution is 2.47. The largest absolute Gasteiger partial charge is 0.429 e. The van der Waals surface area contributed by atoms with E-state index >= 15 is 0 Å². The highest BCUT2D eigenvalue weighted by molar-refractivity contribution is 5.81. The van der Waals surface area contributed by atoms with E-state index in [1.165, 1.54) is 0 Å². The van der Waals surface area contributed by atoms with Gasteiger partial charge in [-0.3, -0.25) is 4.79 Å². The summed E-state index contributed by atoms with van der Waals surface area (Å²) in [7, 11) is 0. The molecule has 2 aliphatic rings. The van der Waals surface area contributed by atoms with Crippen LogP contribution in [0, 0.1) is 6.92 Å². The van der Waals surface area contributed by atoms with Gasteiger partial charge in [-0.2, -0.15) is 17.6 Å². The molecule has 0 aromatic heterocycles. The summed E-state index contributed by atoms with van der Waals surface area (Å²) >= 11 is 0. The number of rotatable bonds is 3. The molecular weight excluding hydrogens is 398 g/mol. The molecule has 1 amide bonds. The second-order valence-electron chi connectivity index (χ2n) is 7.57. The molecule has 1 fully saturated rings. The van der Waals surface area contributed by atoms with Crippen molar-refractivity contribution in [1.29, 1.82) is 0 Å². The van der Waals surface area contributed by atoms with Gasteiger partial charge in [-0.05, 0) is 50.3 Å². The van der Waals surface area contributed by atoms with Crippen molar-refractivity contribution < 1.29 is 27.5 Å². The predicted octanol–water partition coefficient (Wildman–Crippen LogP) is 5.07. The SMILES string of the molecule is C/C=C1\C(=C/C2=C=C(F)C2(O)C(F)(F)F)CCCCN1C(=O)Cc1ccc(C)cc1. The lowest BCUT2D eigenvalue weighted by Gasteiger charge is -2.33. The molecule has 0 spiro atoms. The minimum absolute atomic E-state index is 0.161. The highest BCUT2D eigenvalue weighted by atomic mass is 19.4. The topological polar surface area (TPSA) is 40.5 Å². The lowest BCUT2D eigenvalue weighted by molar-refractivity contribution is -0.237. The number of hydrogen-bond acceptors (Lipinski definition) is 2. The van der Waals surface area contributed by atoms with Gasteiger partial charge in [-0.1, -0.05) is 41.6 Å². The third kappa shape index (κ3) is 4.00. The highest BCUT2D eigenvalue weighted by Gasteiger charge is 2.63. The first-order chi connectivity index (χ1) is 14.1. The summed E-state index contributed by atoms with van der Waals surface area (Å²) in [5, 5.41) is 9.85. The number of carbonyl (C=O) groups excluding carboxylic acids is 1. The molecule has 1 aromatic carbocycles. The second kappa shape index (κ2) is 8.25. The molecule has 1 atom stereocenters. The van der Waals surface area contributed by atoms with Crippen molar-refractivity contribution in [3.8, 4) is 0 Å². The van der Waals surface area contributed by atoms with E-state index < -0.39 is 23.2 Å². The average molecular weight is 421 g/mol. The Labute approximate surface area is 172 Å². The van der Waals surface area contributed by atoms with E-state index in [1.54, 1.807) is 17.9 Å². The van der Waals surface area contributed by atoms with Gasteiger partial charge in [0, 0.05) is 17.8 Å². The van der Waals surface area contributed by atoms with E-state index in [4.69, 9.17) is 0 Å². The number of halogens is 4. The van der Waals surface area contributed by atoms with E-state index in [1.807, 2.05) is 36.9 Å². The first-order valence-electron chi connectivity index (χ1n) is 9.77. The smallest absolute Gasteiger partial charge is 0.369 e. The van der Waals surface area contributed by atoms with Crippen LogP contribution in [0.3, 0.4) is 0 Å². The second-order valence-corrected chi connectivity index (χ2v) is 7.57. The summed E-state index contributed by atoms with van der Waals surface area (Å²) in [6.07, 6.45) is -0.498. The quantitative estimate of drug-likeness (QED) is 0.547. The minimum Gasteiger partial charge on any atom is -0.369 e. The van der Waals surface area contributed by atoms with Gasteiger partial charge in [0.05, 0.1) is 6.42 Å². The molecule has 0 bridgehead atoms. The zero-order valence-corrected chi connectivity index (χ0v) is 16.8. The zero-order valence-electron chi connectivity index (χ0n) is 16.8. The van der Waals surface area contributed by atoms with E-state index in [0.717, 1.165) is 17.2 Å². The first-order valence-corrected chi connectivity index (χ1v) is 9.77. The molecule has 1 N–H and O–H groups in total. The van der Waals surface area contributed by atoms with Crippen LogP contribution in [0.15, 0.2) is 64.8 Å². The molecule has 7 heteroatoms. The molecule has 1 aliphatic carbocycles. The van der Waals surface area contributed by atoms with Crippen LogP contribution in [-0.2, 0) is 11.2 Å². The molecule has 1 aromatic rings. The summed E-state index contributed by atoms with van der Waals surface area (Å²) in [5.41, 5.74) is 0.471. The minimum atomic E-state index is -5.18. The Hall–Kier alpha value is -2.63. The summed E-state index contributed by atoms with van der Waals surface area (Å²) in [6, 6.07) is 7.56. The number of alkyl halides is 3. The lowest BCUT2D eigenvalue weighted by atomic mass is 9.82. The number of carbonyl (C=O) groups is 1. The zero-order chi connectivity index (χ0) is 22.1. The number of aryl methyl sites for hydroxylation is 1. The molecule has 1 heterocycles. The molecule has 0 radical (unpaired) electrons. The summed E-state index contributed by atoms with van der Waals surface area (Å²) in [6.45, 7) is 4.08. The Morgan fingerprint density at radius 1 is 1.27 bits per heavy atom. The molecule has 1 unspecified atom stereocenters. The van der Waals surface area contributed by atoms with E-state index in [-0.39, 0.29) is 12.3 Å². The number of hydrogen-bond donors (Lipinski definition) is 1. The number of amides is 1. The average Bonchev–Trinajstić information content (AvgIpc) is 2.90. The van der Waals surface area contributed by atoms with Crippen molar-refractivity contribution in [2.24, 2.45) is 0 Å². The standard InChI is InChI=1S/C23H23F4NO2/c1-3-19-17(13-18-14-20(24)22(18,30)23(25,26)27)6-4-5-11-28(19)21(29)12-16-9-7-15(2)8-10-16/h3,7-10,13,30H,4-6,11-12H2,1-2H3/b17-13-,19-3+. The fraction of sp³-hybridized carbons (Fsp3) is 0.391. The van der Waals surface area contributed by atoms with Crippen molar-refractivity contribution in [3.63, 3.8) is 0 Å². The molecule has 30 heavy (non-hydrogen) atoms. The van der Waals surface area contributed by atoms with Crippen LogP contribution in [0.25, 0.3) is 0 Å². The number of benzene rings is 1. The van der Waals surface area contributed by atoms with Crippen molar-refractivity contribution in [3.05, 3.63) is 75.9 Å². The Balaban J connectivity index is 1.90. The Bertz CT molecular complexity index is 966. The third-order valence-corrected chi connectivity index (χ3v) is 5.43. The van der Waals surface area contributed by atoms with Crippen LogP contribution in [0.1, 0.15) is 37.3 Å². The monoisotopic (exact) mass is 421 g/mol. The van der Waals surface area contributed by atoms with Crippen molar-refractivity contribution in [1.82, 2.24) is 4.90 Å². The van der Waals surface area contributed by atoms with Gasteiger partial charge >= 0.3 is 6.18 Å². The maximum Gasteiger partial charge on any atom is 0.429 e. The molecule has 3 rings (SSSR count). The molecule has 0 saturated carbocycles. The predicted molar refractivity (Wildman–Crippen MR) is 105 cm³/mol. The van der Waals surface area contributed by atoms with Crippen molar-refractivity contribution in [2.75, 3.05) is 6.54 Å². The maximum atomic E-state index is 13.5. The van der Waals surface area contributed by atoms with Crippen molar-refractivity contribution in [2.45, 2.75) is 51.3 Å². The lowest BCUT2D eigenvalue weighted by Crippen LogP contribution is -2.50. The fourth-order valence-corrected chi connectivity index (χ4v) is 3.68. The van der Waals surface area contributed by atoms with Gasteiger partial charge in [-0.15, -0.1) is 0 Å². The van der Waals surface area contributed by atoms with Gasteiger partial charge in [0.1, 0.15) is 0 Å². The van der Waals surface area contributed by atoms with Gasteiger partial charge in [-0.25, -0.2) is 0 Å². The molecular formula is C23H23F4NO2. The van der Waals surface area contributed by atoms with E-state index in [2.05, 4.69) is 0 Å². The number of nitrogens with zero attached hydrogens (tertiary/aromatic N) is 1. The Morgan fingerprint density at radius 3 is 2.50 bits per heavy atom. The molecule has 1 aliphatic heterocycles. The first kappa shape index (κ1) is 22.1. The number of likely N-dealkylation sites (tertiary alicyclic amines) is 1. The molecule has 1 saturated heterocycles. The van der Waals surface area contributed by atoms with Crippen LogP contribution in [0.5, 0.6) is 0 Å². The van der Waals surface area contributed by atoms with Gasteiger partial charge in [0.15, 0.2) is 5.83 Å². The van der Waals surface area contributed by atoms with E-state index in [0.29, 0.717) is 37.1 Å². The Morgan fingerprint density at radius 2 is 1.93 bits per heavy atom. The van der Waals surface area contributed by atoms with Gasteiger partial charge in [0.25, 0.3) is 5.60 Å². The normalized spacial score (nSPS) is 25.0. The summed E-state index contributed by atoms with van der Waals surface area (Å²) in [5.74, 6) is -1.92. The van der Waals surface area contributed by atoms with Gasteiger partial charge in [0.2, 0.25) is 5.91 Å². The number of allylic oxidation sites excluding steroid dienone is 2. The van der Waals surface area contributed by atoms with Crippen LogP contribution >= 0.6 is 0 Å². The number of aliphatic hydroxyl groups is 1. The fourth-order valence-electron chi connectivity index (χ4n) is 3.68.